The van der Waals surface area contributed by atoms with Crippen molar-refractivity contribution < 1.29 is 32.9 Å². The van der Waals surface area contributed by atoms with Crippen LogP contribution in [0, 0.1) is 0 Å². The summed E-state index contributed by atoms with van der Waals surface area (Å²) in [5.41, 5.74) is 0. The first-order valence-electron chi connectivity index (χ1n) is 29.4. The van der Waals surface area contributed by atoms with Crippen LogP contribution < -0.4 is 5.32 Å². The van der Waals surface area contributed by atoms with Gasteiger partial charge in [-0.1, -0.05) is 262 Å². The molecule has 0 aliphatic carbocycles. The summed E-state index contributed by atoms with van der Waals surface area (Å²) in [6, 6.07) is -0.759. The number of unbranched alkanes of at least 4 members (excludes halogenated alkanes) is 35. The highest BCUT2D eigenvalue weighted by Crippen LogP contribution is 2.43. The maximum Gasteiger partial charge on any atom is 0.472 e. The third-order valence-corrected chi connectivity index (χ3v) is 14.4. The topological polar surface area (TPSA) is 105 Å². The number of carbonyl (C=O) groups is 1. The number of amides is 1. The van der Waals surface area contributed by atoms with E-state index in [0.717, 1.165) is 51.4 Å². The van der Waals surface area contributed by atoms with Gasteiger partial charge in [-0.3, -0.25) is 13.8 Å². The highest BCUT2D eigenvalue weighted by atomic mass is 31.2. The SMILES string of the molecule is CCCCCCC/C=C\C/C=C\C/C=C\CCCCCCCCCCCCCCCCCCC(=O)NC(COP(=O)(O)OCC[N+](C)(C)C)C(O)CCCCCCCCCCCCCCCCC. The maximum absolute atomic E-state index is 13.0. The average molecular weight is 981 g/mol. The third-order valence-electron chi connectivity index (χ3n) is 13.4. The number of nitrogens with zero attached hydrogens (tertiary/aromatic N) is 1. The molecule has 0 fully saturated rings. The summed E-state index contributed by atoms with van der Waals surface area (Å²) in [5.74, 6) is -0.141. The molecule has 0 rings (SSSR count). The number of likely N-dealkylation sites (N-methyl/N-ethyl adjacent to an activating group) is 1. The first-order chi connectivity index (χ1) is 33.0. The molecule has 0 bridgehead atoms. The summed E-state index contributed by atoms with van der Waals surface area (Å²) in [6.45, 7) is 4.90. The van der Waals surface area contributed by atoms with Crippen LogP contribution in [0.1, 0.15) is 284 Å². The normalized spacial score (nSPS) is 14.2. The monoisotopic (exact) mass is 980 g/mol. The van der Waals surface area contributed by atoms with Gasteiger partial charge in [0.15, 0.2) is 0 Å². The standard InChI is InChI=1S/C59H115N2O6P/c1-6-8-10-12-14-16-18-20-22-23-24-25-26-27-28-29-30-31-32-33-34-35-36-37-39-41-43-45-47-49-51-53-59(63)60-57(56-67-68(64,65)66-55-54-61(3,4)5)58(62)52-50-48-46-44-42-40-38-21-19-17-15-13-11-9-7-2/h18,20,23-24,26-27,57-58,62H,6-17,19,21-22,25,28-56H2,1-5H3,(H-,60,63,64,65)/p+1/b20-18-,24-23-,27-26-. The lowest BCUT2D eigenvalue weighted by molar-refractivity contribution is -0.870. The molecular formula is C59H116N2O6P+. The fourth-order valence-electron chi connectivity index (χ4n) is 8.76. The number of phosphoric acid groups is 1. The maximum atomic E-state index is 13.0. The molecule has 0 aromatic carbocycles. The average Bonchev–Trinajstić information content (AvgIpc) is 3.30. The predicted molar refractivity (Wildman–Crippen MR) is 295 cm³/mol. The Kier molecular flexibility index (Phi) is 49.7. The minimum Gasteiger partial charge on any atom is -0.391 e. The number of allylic oxidation sites excluding steroid dienone is 6. The van der Waals surface area contributed by atoms with Crippen molar-refractivity contribution in [3.05, 3.63) is 36.5 Å². The predicted octanol–water partition coefficient (Wildman–Crippen LogP) is 17.8. The number of rotatable bonds is 54. The van der Waals surface area contributed by atoms with E-state index in [1.54, 1.807) is 0 Å². The zero-order chi connectivity index (χ0) is 49.9. The summed E-state index contributed by atoms with van der Waals surface area (Å²) in [5, 5.41) is 14.1. The number of aliphatic hydroxyl groups excluding tert-OH is 1. The van der Waals surface area contributed by atoms with E-state index >= 15 is 0 Å². The molecule has 68 heavy (non-hydrogen) atoms. The molecule has 9 heteroatoms. The summed E-state index contributed by atoms with van der Waals surface area (Å²) >= 11 is 0. The second-order valence-corrected chi connectivity index (χ2v) is 22.8. The van der Waals surface area contributed by atoms with Gasteiger partial charge in [0.2, 0.25) is 5.91 Å². The molecule has 3 N–H and O–H groups in total. The lowest BCUT2D eigenvalue weighted by atomic mass is 10.0. The number of quaternary nitrogens is 1. The Bertz CT molecular complexity index is 1200. The van der Waals surface area contributed by atoms with Crippen LogP contribution in [0.5, 0.6) is 0 Å². The van der Waals surface area contributed by atoms with E-state index in [9.17, 15) is 19.4 Å². The minimum absolute atomic E-state index is 0.0758. The van der Waals surface area contributed by atoms with Crippen LogP contribution in [-0.4, -0.2) is 73.4 Å². The van der Waals surface area contributed by atoms with Crippen molar-refractivity contribution in [1.29, 1.82) is 0 Å². The molecule has 0 aliphatic rings. The molecule has 0 saturated heterocycles. The lowest BCUT2D eigenvalue weighted by Crippen LogP contribution is -2.46. The Morgan fingerprint density at radius 1 is 0.500 bits per heavy atom. The van der Waals surface area contributed by atoms with Gasteiger partial charge in [0, 0.05) is 6.42 Å². The van der Waals surface area contributed by atoms with Crippen LogP contribution >= 0.6 is 7.82 Å². The third kappa shape index (κ3) is 52.5. The molecule has 8 nitrogen and oxygen atoms in total. The molecule has 0 aromatic rings. The Morgan fingerprint density at radius 2 is 0.838 bits per heavy atom. The van der Waals surface area contributed by atoms with Crippen LogP contribution in [0.4, 0.5) is 0 Å². The van der Waals surface area contributed by atoms with Gasteiger partial charge in [0.05, 0.1) is 39.9 Å². The summed E-state index contributed by atoms with van der Waals surface area (Å²) in [7, 11) is 1.62. The van der Waals surface area contributed by atoms with Crippen molar-refractivity contribution >= 4 is 13.7 Å². The van der Waals surface area contributed by atoms with E-state index in [-0.39, 0.29) is 19.1 Å². The van der Waals surface area contributed by atoms with Crippen LogP contribution in [-0.2, 0) is 18.4 Å². The van der Waals surface area contributed by atoms with E-state index < -0.39 is 20.0 Å². The number of carbonyl (C=O) groups excluding carboxylic acids is 1. The number of nitrogens with one attached hydrogen (secondary N) is 1. The van der Waals surface area contributed by atoms with Gasteiger partial charge in [-0.15, -0.1) is 0 Å². The lowest BCUT2D eigenvalue weighted by Gasteiger charge is -2.26. The first kappa shape index (κ1) is 66.7. The van der Waals surface area contributed by atoms with Gasteiger partial charge in [-0.25, -0.2) is 4.57 Å². The van der Waals surface area contributed by atoms with Crippen LogP contribution in [0.25, 0.3) is 0 Å². The van der Waals surface area contributed by atoms with Crippen molar-refractivity contribution in [1.82, 2.24) is 5.32 Å². The number of aliphatic hydroxyl groups is 1. The highest BCUT2D eigenvalue weighted by Gasteiger charge is 2.28. The summed E-state index contributed by atoms with van der Waals surface area (Å²) in [4.78, 5) is 23.3. The summed E-state index contributed by atoms with van der Waals surface area (Å²) < 4.78 is 23.8. The molecule has 0 heterocycles. The first-order valence-corrected chi connectivity index (χ1v) is 30.8. The molecule has 1 amide bonds. The van der Waals surface area contributed by atoms with E-state index in [0.29, 0.717) is 23.9 Å². The minimum atomic E-state index is -4.32. The number of hydrogen-bond donors (Lipinski definition) is 3. The Morgan fingerprint density at radius 3 is 1.22 bits per heavy atom. The van der Waals surface area contributed by atoms with Crippen LogP contribution in [0.15, 0.2) is 36.5 Å². The molecule has 402 valence electrons. The summed E-state index contributed by atoms with van der Waals surface area (Å²) in [6.07, 6.45) is 64.9. The van der Waals surface area contributed by atoms with Gasteiger partial charge in [-0.05, 0) is 51.4 Å². The fraction of sp³-hybridized carbons (Fsp3) is 0.881. The molecule has 0 radical (unpaired) electrons. The van der Waals surface area contributed by atoms with Crippen LogP contribution in [0.3, 0.4) is 0 Å². The second kappa shape index (κ2) is 50.7. The van der Waals surface area contributed by atoms with Gasteiger partial charge in [-0.2, -0.15) is 0 Å². The van der Waals surface area contributed by atoms with Gasteiger partial charge in [0.25, 0.3) is 0 Å². The van der Waals surface area contributed by atoms with Gasteiger partial charge >= 0.3 is 7.82 Å². The largest absolute Gasteiger partial charge is 0.472 e. The van der Waals surface area contributed by atoms with Gasteiger partial charge < -0.3 is 19.8 Å². The van der Waals surface area contributed by atoms with Crippen molar-refractivity contribution in [2.75, 3.05) is 40.9 Å². The number of hydrogen-bond acceptors (Lipinski definition) is 5. The van der Waals surface area contributed by atoms with E-state index in [1.165, 1.54) is 205 Å². The smallest absolute Gasteiger partial charge is 0.391 e. The van der Waals surface area contributed by atoms with Gasteiger partial charge in [0.1, 0.15) is 13.2 Å². The zero-order valence-electron chi connectivity index (χ0n) is 45.9. The molecule has 0 aliphatic heterocycles. The molecule has 0 aromatic heterocycles. The molecular weight excluding hydrogens is 864 g/mol. The Hall–Kier alpha value is -1.28. The zero-order valence-corrected chi connectivity index (χ0v) is 46.8. The van der Waals surface area contributed by atoms with E-state index in [2.05, 4.69) is 55.6 Å². The Labute approximate surface area is 423 Å². The molecule has 3 unspecified atom stereocenters. The quantitative estimate of drug-likeness (QED) is 0.0243. The Balaban J connectivity index is 4.05. The molecule has 0 saturated carbocycles. The second-order valence-electron chi connectivity index (χ2n) is 21.4. The van der Waals surface area contributed by atoms with Crippen molar-refractivity contribution in [2.45, 2.75) is 296 Å². The number of phosphoric ester groups is 1. The fourth-order valence-corrected chi connectivity index (χ4v) is 9.50. The highest BCUT2D eigenvalue weighted by molar-refractivity contribution is 7.47. The van der Waals surface area contributed by atoms with Crippen molar-refractivity contribution in [3.8, 4) is 0 Å². The van der Waals surface area contributed by atoms with Crippen molar-refractivity contribution in [2.24, 2.45) is 0 Å². The van der Waals surface area contributed by atoms with E-state index in [1.807, 2.05) is 21.1 Å². The molecule has 3 atom stereocenters. The van der Waals surface area contributed by atoms with Crippen molar-refractivity contribution in [3.63, 3.8) is 0 Å². The van der Waals surface area contributed by atoms with Crippen LogP contribution in [0.2, 0.25) is 0 Å². The van der Waals surface area contributed by atoms with E-state index in [4.69, 9.17) is 9.05 Å². The molecule has 0 spiro atoms.